The maximum Gasteiger partial charge on any atom is 0.433 e. The van der Waals surface area contributed by atoms with Crippen molar-refractivity contribution >= 4 is 5.82 Å². The molecule has 2 bridgehead atoms. The third kappa shape index (κ3) is 3.13. The molecule has 0 saturated carbocycles. The van der Waals surface area contributed by atoms with E-state index in [1.165, 1.54) is 0 Å². The van der Waals surface area contributed by atoms with Crippen molar-refractivity contribution < 1.29 is 17.9 Å². The summed E-state index contributed by atoms with van der Waals surface area (Å²) in [5, 5.41) is 8.29. The summed E-state index contributed by atoms with van der Waals surface area (Å²) in [6, 6.07) is 1.53. The first-order chi connectivity index (χ1) is 12.5. The van der Waals surface area contributed by atoms with E-state index in [1.54, 1.807) is 7.11 Å². The van der Waals surface area contributed by atoms with Crippen molar-refractivity contribution in [3.8, 4) is 0 Å². The number of hydrogen-bond acceptors (Lipinski definition) is 6. The largest absolute Gasteiger partial charge is 0.433 e. The monoisotopic (exact) mass is 368 g/mol. The zero-order chi connectivity index (χ0) is 18.3. The highest BCUT2D eigenvalue weighted by Crippen LogP contribution is 2.43. The minimum atomic E-state index is -4.46. The van der Waals surface area contributed by atoms with Gasteiger partial charge in [-0.1, -0.05) is 5.21 Å². The number of rotatable bonds is 4. The molecule has 26 heavy (non-hydrogen) atoms. The summed E-state index contributed by atoms with van der Waals surface area (Å²) < 4.78 is 45.8. The topological polar surface area (TPSA) is 69.0 Å². The maximum absolute atomic E-state index is 13.0. The van der Waals surface area contributed by atoms with Gasteiger partial charge in [0.2, 0.25) is 0 Å². The Kier molecular flexibility index (Phi) is 4.29. The van der Waals surface area contributed by atoms with E-state index < -0.39 is 11.9 Å². The molecule has 2 aromatic rings. The fraction of sp³-hybridized carbons (Fsp3) is 0.625. The Labute approximate surface area is 148 Å². The van der Waals surface area contributed by atoms with Crippen molar-refractivity contribution in [2.45, 2.75) is 56.6 Å². The van der Waals surface area contributed by atoms with Crippen molar-refractivity contribution in [1.29, 1.82) is 0 Å². The van der Waals surface area contributed by atoms with E-state index in [2.05, 4.69) is 20.3 Å². The van der Waals surface area contributed by atoms with Crippen molar-refractivity contribution in [3.05, 3.63) is 30.0 Å². The van der Waals surface area contributed by atoms with E-state index >= 15 is 0 Å². The average Bonchev–Trinajstić information content (AvgIpc) is 3.17. The molecular formula is C16H19F3N6O. The molecule has 4 heterocycles. The third-order valence-corrected chi connectivity index (χ3v) is 5.14. The predicted molar refractivity (Wildman–Crippen MR) is 85.3 cm³/mol. The highest BCUT2D eigenvalue weighted by atomic mass is 19.4. The summed E-state index contributed by atoms with van der Waals surface area (Å²) in [6.07, 6.45) is 1.90. The normalized spacial score (nSPS) is 25.7. The van der Waals surface area contributed by atoms with Gasteiger partial charge in [0.1, 0.15) is 23.5 Å². The van der Waals surface area contributed by atoms with Gasteiger partial charge in [-0.3, -0.25) is 0 Å². The Balaban J connectivity index is 1.54. The lowest BCUT2D eigenvalue weighted by Gasteiger charge is -2.39. The number of aromatic nitrogens is 5. The van der Waals surface area contributed by atoms with Gasteiger partial charge in [0.25, 0.3) is 0 Å². The molecular weight excluding hydrogens is 349 g/mol. The number of ether oxygens (including phenoxy) is 1. The molecule has 2 fully saturated rings. The first kappa shape index (κ1) is 17.2. The van der Waals surface area contributed by atoms with E-state index in [-0.39, 0.29) is 18.1 Å². The summed E-state index contributed by atoms with van der Waals surface area (Å²) in [6.45, 7) is 0.410. The van der Waals surface area contributed by atoms with Gasteiger partial charge in [-0.25, -0.2) is 14.6 Å². The molecule has 2 saturated heterocycles. The van der Waals surface area contributed by atoms with Crippen LogP contribution in [0.4, 0.5) is 19.0 Å². The minimum Gasteiger partial charge on any atom is -0.378 e. The number of anilines is 1. The van der Waals surface area contributed by atoms with Crippen LogP contribution in [0.1, 0.15) is 43.1 Å². The number of methoxy groups -OCH3 is 1. The first-order valence-electron chi connectivity index (χ1n) is 8.53. The lowest BCUT2D eigenvalue weighted by atomic mass is 9.97. The molecule has 0 aromatic carbocycles. The molecule has 2 aromatic heterocycles. The zero-order valence-corrected chi connectivity index (χ0v) is 14.2. The quantitative estimate of drug-likeness (QED) is 0.826. The van der Waals surface area contributed by atoms with Crippen LogP contribution >= 0.6 is 0 Å². The van der Waals surface area contributed by atoms with Gasteiger partial charge < -0.3 is 9.64 Å². The number of piperidine rings is 1. The second-order valence-corrected chi connectivity index (χ2v) is 6.80. The number of halogens is 3. The van der Waals surface area contributed by atoms with Crippen molar-refractivity contribution in [2.75, 3.05) is 12.0 Å². The fourth-order valence-electron chi connectivity index (χ4n) is 4.09. The Morgan fingerprint density at radius 1 is 1.15 bits per heavy atom. The van der Waals surface area contributed by atoms with Crippen molar-refractivity contribution in [1.82, 2.24) is 25.0 Å². The molecule has 0 radical (unpaired) electrons. The SMILES string of the molecule is COCc1cn(C2CC3CCC(C2)N3c2cc(C(F)(F)F)ncn2)nn1. The van der Waals surface area contributed by atoms with Crippen LogP contribution < -0.4 is 4.90 Å². The maximum atomic E-state index is 13.0. The molecule has 0 spiro atoms. The number of alkyl halides is 3. The smallest absolute Gasteiger partial charge is 0.378 e. The van der Waals surface area contributed by atoms with E-state index in [0.717, 1.165) is 43.8 Å². The van der Waals surface area contributed by atoms with Crippen LogP contribution in [0.3, 0.4) is 0 Å². The molecule has 7 nitrogen and oxygen atoms in total. The van der Waals surface area contributed by atoms with Crippen LogP contribution in [-0.4, -0.2) is 44.2 Å². The summed E-state index contributed by atoms with van der Waals surface area (Å²) in [4.78, 5) is 9.50. The second kappa shape index (κ2) is 6.49. The van der Waals surface area contributed by atoms with Gasteiger partial charge in [-0.15, -0.1) is 5.10 Å². The molecule has 2 atom stereocenters. The van der Waals surface area contributed by atoms with Crippen molar-refractivity contribution in [3.63, 3.8) is 0 Å². The molecule has 10 heteroatoms. The molecule has 0 N–H and O–H groups in total. The van der Waals surface area contributed by atoms with Crippen LogP contribution in [0, 0.1) is 0 Å². The van der Waals surface area contributed by atoms with Crippen LogP contribution in [-0.2, 0) is 17.5 Å². The lowest BCUT2D eigenvalue weighted by Crippen LogP contribution is -2.44. The number of hydrogen-bond donors (Lipinski definition) is 0. The van der Waals surface area contributed by atoms with Crippen LogP contribution in [0.25, 0.3) is 0 Å². The van der Waals surface area contributed by atoms with Gasteiger partial charge >= 0.3 is 6.18 Å². The highest BCUT2D eigenvalue weighted by Gasteiger charge is 2.43. The number of fused-ring (bicyclic) bond motifs is 2. The van der Waals surface area contributed by atoms with Gasteiger partial charge in [0, 0.05) is 25.3 Å². The molecule has 2 aliphatic heterocycles. The zero-order valence-electron chi connectivity index (χ0n) is 14.2. The summed E-state index contributed by atoms with van der Waals surface area (Å²) in [5.41, 5.74) is -0.127. The minimum absolute atomic E-state index is 0.143. The molecule has 0 aliphatic carbocycles. The van der Waals surface area contributed by atoms with Gasteiger partial charge in [0.15, 0.2) is 0 Å². The Morgan fingerprint density at radius 3 is 2.54 bits per heavy atom. The second-order valence-electron chi connectivity index (χ2n) is 6.80. The standard InChI is InChI=1S/C16H19F3N6O/c1-26-8-10-7-24(23-22-10)13-4-11-2-3-12(5-13)25(11)15-6-14(16(17,18)19)20-9-21-15/h6-7,9,11-13H,2-5,8H2,1H3. The Bertz CT molecular complexity index is 765. The summed E-state index contributed by atoms with van der Waals surface area (Å²) >= 11 is 0. The molecule has 2 aliphatic rings. The van der Waals surface area contributed by atoms with Crippen molar-refractivity contribution in [2.24, 2.45) is 0 Å². The number of nitrogens with zero attached hydrogens (tertiary/aromatic N) is 6. The van der Waals surface area contributed by atoms with Crippen LogP contribution in [0.2, 0.25) is 0 Å². The molecule has 0 amide bonds. The van der Waals surface area contributed by atoms with Crippen LogP contribution in [0.5, 0.6) is 0 Å². The summed E-state index contributed by atoms with van der Waals surface area (Å²) in [7, 11) is 1.61. The van der Waals surface area contributed by atoms with E-state index in [0.29, 0.717) is 12.4 Å². The van der Waals surface area contributed by atoms with E-state index in [9.17, 15) is 13.2 Å². The summed E-state index contributed by atoms with van der Waals surface area (Å²) in [5.74, 6) is 0.358. The Morgan fingerprint density at radius 2 is 1.88 bits per heavy atom. The van der Waals surface area contributed by atoms with E-state index in [1.807, 2.05) is 15.8 Å². The molecule has 4 rings (SSSR count). The van der Waals surface area contributed by atoms with Crippen LogP contribution in [0.15, 0.2) is 18.6 Å². The molecule has 140 valence electrons. The van der Waals surface area contributed by atoms with Gasteiger partial charge in [-0.2, -0.15) is 13.2 Å². The predicted octanol–water partition coefficient (Wildman–Crippen LogP) is 2.61. The van der Waals surface area contributed by atoms with Gasteiger partial charge in [0.05, 0.1) is 18.8 Å². The molecule has 2 unspecified atom stereocenters. The van der Waals surface area contributed by atoms with E-state index in [4.69, 9.17) is 4.74 Å². The average molecular weight is 368 g/mol. The fourth-order valence-corrected chi connectivity index (χ4v) is 4.09. The first-order valence-corrected chi connectivity index (χ1v) is 8.53. The highest BCUT2D eigenvalue weighted by molar-refractivity contribution is 5.44. The third-order valence-electron chi connectivity index (χ3n) is 5.14. The van der Waals surface area contributed by atoms with Gasteiger partial charge in [-0.05, 0) is 25.7 Å². The lowest BCUT2D eigenvalue weighted by molar-refractivity contribution is -0.141. The Hall–Kier alpha value is -2.23.